The van der Waals surface area contributed by atoms with E-state index < -0.39 is 10.0 Å². The average Bonchev–Trinajstić information content (AvgIpc) is 2.90. The van der Waals surface area contributed by atoms with Crippen LogP contribution in [0.3, 0.4) is 0 Å². The largest absolute Gasteiger partial charge is 0.508 e. The van der Waals surface area contributed by atoms with E-state index in [0.29, 0.717) is 29.9 Å². The van der Waals surface area contributed by atoms with Crippen LogP contribution in [0.1, 0.15) is 15.9 Å². The van der Waals surface area contributed by atoms with Gasteiger partial charge in [0, 0.05) is 55.6 Å². The number of piperazine rings is 1. The summed E-state index contributed by atoms with van der Waals surface area (Å²) < 4.78 is 28.6. The fourth-order valence-electron chi connectivity index (χ4n) is 4.34. The van der Waals surface area contributed by atoms with E-state index in [1.807, 2.05) is 29.2 Å². The van der Waals surface area contributed by atoms with Crippen LogP contribution in [-0.2, 0) is 16.6 Å². The molecule has 3 aromatic carbocycles. The maximum Gasteiger partial charge on any atom is 0.264 e. The highest BCUT2D eigenvalue weighted by Gasteiger charge is 2.23. The highest BCUT2D eigenvalue weighted by atomic mass is 32.2. The van der Waals surface area contributed by atoms with Gasteiger partial charge in [-0.25, -0.2) is 8.42 Å². The minimum Gasteiger partial charge on any atom is -0.508 e. The Kier molecular flexibility index (Phi) is 6.58. The number of hydrogen-bond donors (Lipinski definition) is 2. The van der Waals surface area contributed by atoms with E-state index >= 15 is 0 Å². The number of rotatable bonds is 6. The summed E-state index contributed by atoms with van der Waals surface area (Å²) in [4.78, 5) is 21.4. The van der Waals surface area contributed by atoms with Gasteiger partial charge in [-0.15, -0.1) is 0 Å². The molecule has 1 aliphatic rings. The lowest BCUT2D eigenvalue weighted by atomic mass is 10.1. The number of aromatic hydroxyl groups is 1. The SMILES string of the molecule is O=C(c1ccc(NS(=O)(=O)c2cccc3cccnc23)cc1)N1CCN(Cc2ccc(O)cc2)CC1. The molecule has 1 aliphatic heterocycles. The molecule has 0 radical (unpaired) electrons. The second kappa shape index (κ2) is 9.96. The van der Waals surface area contributed by atoms with Crippen molar-refractivity contribution in [2.45, 2.75) is 11.4 Å². The van der Waals surface area contributed by atoms with Crippen LogP contribution in [-0.4, -0.2) is 60.4 Å². The Morgan fingerprint density at radius 3 is 2.31 bits per heavy atom. The molecule has 0 unspecified atom stereocenters. The standard InChI is InChI=1S/C27H26N4O4S/c32-24-12-6-20(7-13-24)19-30-15-17-31(18-16-30)27(33)22-8-10-23(11-9-22)29-36(34,35)25-5-1-3-21-4-2-14-28-26(21)25/h1-14,29,32H,15-19H2. The van der Waals surface area contributed by atoms with E-state index in [2.05, 4.69) is 14.6 Å². The van der Waals surface area contributed by atoms with Crippen molar-refractivity contribution in [2.75, 3.05) is 30.9 Å². The number of phenols is 1. The number of nitrogens with zero attached hydrogens (tertiary/aromatic N) is 3. The van der Waals surface area contributed by atoms with Gasteiger partial charge in [0.25, 0.3) is 15.9 Å². The zero-order chi connectivity index (χ0) is 25.1. The first-order valence-corrected chi connectivity index (χ1v) is 13.1. The van der Waals surface area contributed by atoms with Crippen LogP contribution in [0.5, 0.6) is 5.75 Å². The average molecular weight is 503 g/mol. The van der Waals surface area contributed by atoms with E-state index in [-0.39, 0.29) is 16.6 Å². The summed E-state index contributed by atoms with van der Waals surface area (Å²) in [7, 11) is -3.86. The second-order valence-corrected chi connectivity index (χ2v) is 10.4. The van der Waals surface area contributed by atoms with Crippen molar-refractivity contribution in [3.63, 3.8) is 0 Å². The maximum atomic E-state index is 13.0. The number of aromatic nitrogens is 1. The summed E-state index contributed by atoms with van der Waals surface area (Å²) in [5, 5.41) is 10.2. The lowest BCUT2D eigenvalue weighted by molar-refractivity contribution is 0.0628. The molecule has 5 rings (SSSR count). The van der Waals surface area contributed by atoms with Crippen molar-refractivity contribution >= 4 is 32.5 Å². The maximum absolute atomic E-state index is 13.0. The third-order valence-corrected chi connectivity index (χ3v) is 7.68. The molecule has 0 bridgehead atoms. The number of pyridine rings is 1. The molecule has 9 heteroatoms. The number of carbonyl (C=O) groups is 1. The van der Waals surface area contributed by atoms with Gasteiger partial charge in [-0.2, -0.15) is 0 Å². The summed E-state index contributed by atoms with van der Waals surface area (Å²) in [5.74, 6) is 0.172. The Morgan fingerprint density at radius 1 is 0.889 bits per heavy atom. The first-order valence-electron chi connectivity index (χ1n) is 11.7. The molecule has 2 heterocycles. The number of amides is 1. The highest BCUT2D eigenvalue weighted by Crippen LogP contribution is 2.24. The van der Waals surface area contributed by atoms with Crippen molar-refractivity contribution in [3.8, 4) is 5.75 Å². The zero-order valence-electron chi connectivity index (χ0n) is 19.5. The molecule has 2 N–H and O–H groups in total. The molecule has 8 nitrogen and oxygen atoms in total. The van der Waals surface area contributed by atoms with Gasteiger partial charge in [0.05, 0.1) is 5.52 Å². The van der Waals surface area contributed by atoms with Crippen molar-refractivity contribution in [1.82, 2.24) is 14.8 Å². The van der Waals surface area contributed by atoms with E-state index in [0.717, 1.165) is 30.6 Å². The van der Waals surface area contributed by atoms with Gasteiger partial charge < -0.3 is 10.0 Å². The fourth-order valence-corrected chi connectivity index (χ4v) is 5.57. The Morgan fingerprint density at radius 2 is 1.58 bits per heavy atom. The third kappa shape index (κ3) is 5.17. The van der Waals surface area contributed by atoms with Crippen LogP contribution < -0.4 is 4.72 Å². The van der Waals surface area contributed by atoms with Crippen LogP contribution in [0.2, 0.25) is 0 Å². The molecule has 0 atom stereocenters. The zero-order valence-corrected chi connectivity index (χ0v) is 20.4. The summed E-state index contributed by atoms with van der Waals surface area (Å²) >= 11 is 0. The molecule has 1 fully saturated rings. The molecule has 4 aromatic rings. The van der Waals surface area contributed by atoms with Gasteiger partial charge in [0.2, 0.25) is 0 Å². The molecule has 36 heavy (non-hydrogen) atoms. The molecule has 0 aliphatic carbocycles. The normalized spacial score (nSPS) is 14.6. The van der Waals surface area contributed by atoms with E-state index in [1.165, 1.54) is 6.07 Å². The lowest BCUT2D eigenvalue weighted by Gasteiger charge is -2.34. The number of phenolic OH excluding ortho intramolecular Hbond substituents is 1. The number of fused-ring (bicyclic) bond motifs is 1. The molecule has 1 saturated heterocycles. The molecule has 1 aromatic heterocycles. The third-order valence-electron chi connectivity index (χ3n) is 6.27. The number of para-hydroxylation sites is 1. The van der Waals surface area contributed by atoms with Crippen LogP contribution in [0.4, 0.5) is 5.69 Å². The van der Waals surface area contributed by atoms with Crippen LogP contribution >= 0.6 is 0 Å². The van der Waals surface area contributed by atoms with Gasteiger partial charge in [-0.1, -0.05) is 30.3 Å². The van der Waals surface area contributed by atoms with Crippen LogP contribution in [0, 0.1) is 0 Å². The topological polar surface area (TPSA) is 103 Å². The highest BCUT2D eigenvalue weighted by molar-refractivity contribution is 7.93. The Labute approximate surface area is 209 Å². The van der Waals surface area contributed by atoms with Gasteiger partial charge >= 0.3 is 0 Å². The van der Waals surface area contributed by atoms with Gasteiger partial charge in [0.1, 0.15) is 10.6 Å². The molecular formula is C27H26N4O4S. The molecular weight excluding hydrogens is 476 g/mol. The number of carbonyl (C=O) groups excluding carboxylic acids is 1. The van der Waals surface area contributed by atoms with Crippen molar-refractivity contribution < 1.29 is 18.3 Å². The molecule has 0 saturated carbocycles. The smallest absolute Gasteiger partial charge is 0.264 e. The minimum atomic E-state index is -3.86. The first kappa shape index (κ1) is 23.8. The fraction of sp³-hybridized carbons (Fsp3) is 0.185. The number of sulfonamides is 1. The van der Waals surface area contributed by atoms with Gasteiger partial charge in [-0.05, 0) is 54.1 Å². The van der Waals surface area contributed by atoms with Crippen molar-refractivity contribution in [3.05, 3.63) is 96.2 Å². The van der Waals surface area contributed by atoms with Crippen molar-refractivity contribution in [1.29, 1.82) is 0 Å². The number of nitrogens with one attached hydrogen (secondary N) is 1. The quantitative estimate of drug-likeness (QED) is 0.417. The monoisotopic (exact) mass is 502 g/mol. The predicted molar refractivity (Wildman–Crippen MR) is 138 cm³/mol. The summed E-state index contributed by atoms with van der Waals surface area (Å²) in [6.07, 6.45) is 1.56. The molecule has 0 spiro atoms. The van der Waals surface area contributed by atoms with Gasteiger partial charge in [0.15, 0.2) is 0 Å². The second-order valence-electron chi connectivity index (χ2n) is 8.75. The van der Waals surface area contributed by atoms with E-state index in [9.17, 15) is 18.3 Å². The Bertz CT molecular complexity index is 1480. The number of anilines is 1. The van der Waals surface area contributed by atoms with Crippen molar-refractivity contribution in [2.24, 2.45) is 0 Å². The Hall–Kier alpha value is -3.95. The van der Waals surface area contributed by atoms with E-state index in [4.69, 9.17) is 0 Å². The predicted octanol–water partition coefficient (Wildman–Crippen LogP) is 3.70. The molecule has 184 valence electrons. The number of hydrogen-bond acceptors (Lipinski definition) is 6. The van der Waals surface area contributed by atoms with E-state index in [1.54, 1.807) is 54.7 Å². The van der Waals surface area contributed by atoms with Gasteiger partial charge in [-0.3, -0.25) is 19.4 Å². The minimum absolute atomic E-state index is 0.0769. The summed E-state index contributed by atoms with van der Waals surface area (Å²) in [5.41, 5.74) is 2.41. The Balaban J connectivity index is 1.21. The first-order chi connectivity index (χ1) is 17.4. The number of benzene rings is 3. The van der Waals surface area contributed by atoms with Crippen LogP contribution in [0.15, 0.2) is 90.0 Å². The lowest BCUT2D eigenvalue weighted by Crippen LogP contribution is -2.48. The molecule has 1 amide bonds. The summed E-state index contributed by atoms with van der Waals surface area (Å²) in [6.45, 7) is 3.50. The summed E-state index contributed by atoms with van der Waals surface area (Å²) in [6, 6.07) is 22.3. The van der Waals surface area contributed by atoms with Crippen LogP contribution in [0.25, 0.3) is 10.9 Å².